The molecule has 9 heteroatoms. The smallest absolute Gasteiger partial charge is 0.353 e. The molecule has 0 bridgehead atoms. The molecule has 2 atom stereocenters. The minimum atomic E-state index is -0.477. The molecule has 2 fully saturated rings. The standard InChI is InChI=1S/C12H16N6O3/c1-13-10-9(18(20)21)11(16-6-15-10)17-4-2-3-7-8(17)5-14-12(7)19/h6-8H,2-5H2,1H3,(H,14,19)(H,13,15,16). The second-order valence-electron chi connectivity index (χ2n) is 5.16. The molecule has 9 nitrogen and oxygen atoms in total. The highest BCUT2D eigenvalue weighted by molar-refractivity contribution is 5.83. The van der Waals surface area contributed by atoms with Crippen molar-refractivity contribution < 1.29 is 9.72 Å². The zero-order valence-corrected chi connectivity index (χ0v) is 11.6. The number of carbonyl (C=O) groups is 1. The van der Waals surface area contributed by atoms with Crippen LogP contribution in [0.1, 0.15) is 12.8 Å². The Morgan fingerprint density at radius 2 is 2.33 bits per heavy atom. The molecular weight excluding hydrogens is 276 g/mol. The third-order valence-corrected chi connectivity index (χ3v) is 4.10. The van der Waals surface area contributed by atoms with Crippen LogP contribution in [0.15, 0.2) is 6.33 Å². The number of nitrogens with zero attached hydrogens (tertiary/aromatic N) is 4. The van der Waals surface area contributed by atoms with Crippen molar-refractivity contribution in [2.75, 3.05) is 30.4 Å². The molecular formula is C12H16N6O3. The van der Waals surface area contributed by atoms with E-state index in [9.17, 15) is 14.9 Å². The first-order chi connectivity index (χ1) is 10.1. The third kappa shape index (κ3) is 2.14. The van der Waals surface area contributed by atoms with Crippen LogP contribution in [0.4, 0.5) is 17.3 Å². The number of amides is 1. The molecule has 0 spiro atoms. The highest BCUT2D eigenvalue weighted by Gasteiger charge is 2.43. The summed E-state index contributed by atoms with van der Waals surface area (Å²) in [5, 5.41) is 16.9. The van der Waals surface area contributed by atoms with E-state index < -0.39 is 4.92 Å². The average molecular weight is 292 g/mol. The van der Waals surface area contributed by atoms with Crippen molar-refractivity contribution in [2.45, 2.75) is 18.9 Å². The fourth-order valence-corrected chi connectivity index (χ4v) is 3.15. The van der Waals surface area contributed by atoms with E-state index in [4.69, 9.17) is 0 Å². The summed E-state index contributed by atoms with van der Waals surface area (Å²) in [5.74, 6) is 0.372. The first-order valence-corrected chi connectivity index (χ1v) is 6.85. The van der Waals surface area contributed by atoms with Crippen molar-refractivity contribution in [2.24, 2.45) is 5.92 Å². The molecule has 21 heavy (non-hydrogen) atoms. The van der Waals surface area contributed by atoms with Gasteiger partial charge in [0.25, 0.3) is 0 Å². The van der Waals surface area contributed by atoms with E-state index in [1.54, 1.807) is 7.05 Å². The van der Waals surface area contributed by atoms with Gasteiger partial charge in [0.2, 0.25) is 17.5 Å². The fraction of sp³-hybridized carbons (Fsp3) is 0.583. The zero-order valence-electron chi connectivity index (χ0n) is 11.6. The van der Waals surface area contributed by atoms with E-state index in [2.05, 4.69) is 20.6 Å². The normalized spacial score (nSPS) is 24.4. The Bertz CT molecular complexity index is 592. The van der Waals surface area contributed by atoms with E-state index in [1.807, 2.05) is 4.90 Å². The Morgan fingerprint density at radius 3 is 3.05 bits per heavy atom. The summed E-state index contributed by atoms with van der Waals surface area (Å²) in [6.07, 6.45) is 2.93. The van der Waals surface area contributed by atoms with Crippen LogP contribution in [0.25, 0.3) is 0 Å². The number of nitrogens with one attached hydrogen (secondary N) is 2. The van der Waals surface area contributed by atoms with Gasteiger partial charge in [-0.05, 0) is 12.8 Å². The lowest BCUT2D eigenvalue weighted by atomic mass is 9.91. The maximum Gasteiger partial charge on any atom is 0.353 e. The summed E-state index contributed by atoms with van der Waals surface area (Å²) in [5.41, 5.74) is -0.139. The molecule has 3 heterocycles. The second kappa shape index (κ2) is 5.15. The molecule has 2 unspecified atom stereocenters. The number of hydrogen-bond acceptors (Lipinski definition) is 7. The molecule has 0 aromatic carbocycles. The molecule has 1 aromatic heterocycles. The molecule has 0 radical (unpaired) electrons. The van der Waals surface area contributed by atoms with Crippen molar-refractivity contribution in [3.05, 3.63) is 16.4 Å². The van der Waals surface area contributed by atoms with Gasteiger partial charge in [0.15, 0.2) is 0 Å². The summed E-state index contributed by atoms with van der Waals surface area (Å²) in [7, 11) is 1.58. The summed E-state index contributed by atoms with van der Waals surface area (Å²) in [6, 6.07) is -0.0791. The van der Waals surface area contributed by atoms with Crippen molar-refractivity contribution in [3.8, 4) is 0 Å². The number of hydrogen-bond donors (Lipinski definition) is 2. The van der Waals surface area contributed by atoms with Gasteiger partial charge < -0.3 is 15.5 Å². The van der Waals surface area contributed by atoms with Crippen LogP contribution < -0.4 is 15.5 Å². The van der Waals surface area contributed by atoms with Crippen molar-refractivity contribution >= 4 is 23.2 Å². The number of fused-ring (bicyclic) bond motifs is 1. The SMILES string of the molecule is CNc1ncnc(N2CCCC3C(=O)NCC32)c1[N+](=O)[O-]. The van der Waals surface area contributed by atoms with Gasteiger partial charge >= 0.3 is 5.69 Å². The van der Waals surface area contributed by atoms with Gasteiger partial charge in [-0.25, -0.2) is 9.97 Å². The quantitative estimate of drug-likeness (QED) is 0.601. The molecule has 0 aliphatic carbocycles. The maximum atomic E-state index is 11.8. The van der Waals surface area contributed by atoms with Crippen LogP contribution in [0.5, 0.6) is 0 Å². The zero-order chi connectivity index (χ0) is 15.0. The number of carbonyl (C=O) groups excluding carboxylic acids is 1. The summed E-state index contributed by atoms with van der Waals surface area (Å²) in [4.78, 5) is 32.6. The first-order valence-electron chi connectivity index (χ1n) is 6.85. The Kier molecular flexibility index (Phi) is 3.32. The minimum Gasteiger partial charge on any atom is -0.367 e. The molecule has 2 N–H and O–H groups in total. The number of anilines is 2. The van der Waals surface area contributed by atoms with E-state index in [-0.39, 0.29) is 35.2 Å². The van der Waals surface area contributed by atoms with Crippen molar-refractivity contribution in [1.82, 2.24) is 15.3 Å². The third-order valence-electron chi connectivity index (χ3n) is 4.10. The van der Waals surface area contributed by atoms with Gasteiger partial charge in [0.05, 0.1) is 16.9 Å². The number of piperidine rings is 1. The van der Waals surface area contributed by atoms with Crippen molar-refractivity contribution in [1.29, 1.82) is 0 Å². The molecule has 2 aliphatic heterocycles. The lowest BCUT2D eigenvalue weighted by molar-refractivity contribution is -0.383. The Morgan fingerprint density at radius 1 is 1.52 bits per heavy atom. The van der Waals surface area contributed by atoms with E-state index >= 15 is 0 Å². The Hall–Kier alpha value is -2.45. The molecule has 3 rings (SSSR count). The summed E-state index contributed by atoms with van der Waals surface area (Å²) >= 11 is 0. The highest BCUT2D eigenvalue weighted by atomic mass is 16.6. The summed E-state index contributed by atoms with van der Waals surface area (Å²) in [6.45, 7) is 1.15. The fourth-order valence-electron chi connectivity index (χ4n) is 3.15. The number of aromatic nitrogens is 2. The number of rotatable bonds is 3. The second-order valence-corrected chi connectivity index (χ2v) is 5.16. The van der Waals surface area contributed by atoms with Crippen LogP contribution in [-0.4, -0.2) is 47.0 Å². The molecule has 2 saturated heterocycles. The molecule has 1 amide bonds. The van der Waals surface area contributed by atoms with Crippen LogP contribution in [0.3, 0.4) is 0 Å². The van der Waals surface area contributed by atoms with Gasteiger partial charge in [-0.15, -0.1) is 0 Å². The minimum absolute atomic E-state index is 0.0234. The van der Waals surface area contributed by atoms with Crippen LogP contribution >= 0.6 is 0 Å². The Labute approximate surface area is 120 Å². The maximum absolute atomic E-state index is 11.8. The lowest BCUT2D eigenvalue weighted by Crippen LogP contribution is -2.46. The van der Waals surface area contributed by atoms with Gasteiger partial charge in [-0.1, -0.05) is 0 Å². The van der Waals surface area contributed by atoms with E-state index in [0.29, 0.717) is 13.1 Å². The van der Waals surface area contributed by atoms with E-state index in [1.165, 1.54) is 6.33 Å². The van der Waals surface area contributed by atoms with Gasteiger partial charge in [0, 0.05) is 20.1 Å². The van der Waals surface area contributed by atoms with Gasteiger partial charge in [-0.2, -0.15) is 0 Å². The van der Waals surface area contributed by atoms with Crippen molar-refractivity contribution in [3.63, 3.8) is 0 Å². The molecule has 112 valence electrons. The van der Waals surface area contributed by atoms with Gasteiger partial charge in [-0.3, -0.25) is 14.9 Å². The predicted molar refractivity (Wildman–Crippen MR) is 75.1 cm³/mol. The van der Waals surface area contributed by atoms with Gasteiger partial charge in [0.1, 0.15) is 6.33 Å². The largest absolute Gasteiger partial charge is 0.367 e. The van der Waals surface area contributed by atoms with Crippen LogP contribution in [0, 0.1) is 16.0 Å². The molecule has 2 aliphatic rings. The Balaban J connectivity index is 2.03. The molecule has 0 saturated carbocycles. The predicted octanol–water partition coefficient (Wildman–Crippen LogP) is 0.141. The topological polar surface area (TPSA) is 113 Å². The average Bonchev–Trinajstić information content (AvgIpc) is 2.88. The highest BCUT2D eigenvalue weighted by Crippen LogP contribution is 2.37. The first kappa shape index (κ1) is 13.5. The van der Waals surface area contributed by atoms with E-state index in [0.717, 1.165) is 12.8 Å². The van der Waals surface area contributed by atoms with Crippen LogP contribution in [-0.2, 0) is 4.79 Å². The number of nitro groups is 1. The molecule has 1 aromatic rings. The monoisotopic (exact) mass is 292 g/mol. The summed E-state index contributed by atoms with van der Waals surface area (Å²) < 4.78 is 0. The van der Waals surface area contributed by atoms with Crippen LogP contribution in [0.2, 0.25) is 0 Å². The lowest BCUT2D eigenvalue weighted by Gasteiger charge is -2.36.